The molecule has 0 aliphatic heterocycles. The van der Waals surface area contributed by atoms with E-state index in [2.05, 4.69) is 97.2 Å². The summed E-state index contributed by atoms with van der Waals surface area (Å²) >= 11 is 13.4. The average molecular weight is 1480 g/mol. The molecule has 4 heterocycles. The van der Waals surface area contributed by atoms with E-state index in [-0.39, 0.29) is 48.5 Å². The van der Waals surface area contributed by atoms with Crippen LogP contribution in [0.3, 0.4) is 0 Å². The van der Waals surface area contributed by atoms with Crippen molar-refractivity contribution in [2.75, 3.05) is 62.5 Å². The maximum atomic E-state index is 11.9. The summed E-state index contributed by atoms with van der Waals surface area (Å²) < 4.78 is 69.6. The zero-order valence-corrected chi connectivity index (χ0v) is 57.5. The third-order valence-electron chi connectivity index (χ3n) is 12.0. The van der Waals surface area contributed by atoms with Crippen LogP contribution in [0.1, 0.15) is 144 Å². The summed E-state index contributed by atoms with van der Waals surface area (Å²) in [4.78, 5) is 63.9. The summed E-state index contributed by atoms with van der Waals surface area (Å²) in [6.07, 6.45) is 9.14. The van der Waals surface area contributed by atoms with E-state index in [9.17, 15) is 19.2 Å². The van der Waals surface area contributed by atoms with Crippen LogP contribution in [0, 0.1) is 6.92 Å². The molecule has 491 valence electrons. The number of carbonyl (C=O) groups excluding carboxylic acids is 4. The minimum atomic E-state index is -0.580. The zero-order valence-electron chi connectivity index (χ0n) is 51.8. The van der Waals surface area contributed by atoms with Crippen molar-refractivity contribution in [3.05, 3.63) is 189 Å². The van der Waals surface area contributed by atoms with E-state index in [1.54, 1.807) is 68.3 Å². The van der Waals surface area contributed by atoms with Gasteiger partial charge in [-0.15, -0.1) is 0 Å². The first kappa shape index (κ1) is 78.1. The Hall–Kier alpha value is -8.11. The second kappa shape index (κ2) is 42.9. The Kier molecular flexibility index (Phi) is 36.4. The SMILES string of the molecule is C.CCOC(=O)c1oc(/C=C/c2ccc(OC)cc2)nc1CBr.CCOC(=O)c1oc(C(Br)Cc2ccc(OC)cc2)nc1CBr.CCOC(=O)c1oc(CCc2ccc(OC)cc2)nc1C.COCc1nc(/C=C/c2ccc(OC)cc2)oc1C(=O)OC.[B]=NS. The van der Waals surface area contributed by atoms with Crippen LogP contribution < -0.4 is 18.9 Å². The molecule has 0 bridgehead atoms. The molecule has 0 amide bonds. The number of aromatic nitrogens is 4. The summed E-state index contributed by atoms with van der Waals surface area (Å²) in [5.74, 6) is 3.37. The minimum absolute atomic E-state index is 0. The van der Waals surface area contributed by atoms with Gasteiger partial charge in [0.2, 0.25) is 40.7 Å². The van der Waals surface area contributed by atoms with Crippen LogP contribution in [0.25, 0.3) is 24.3 Å². The van der Waals surface area contributed by atoms with Crippen LogP contribution in [0.15, 0.2) is 119 Å². The van der Waals surface area contributed by atoms with Crippen molar-refractivity contribution >= 4 is 116 Å². The quantitative estimate of drug-likeness (QED) is 0.0183. The van der Waals surface area contributed by atoms with Crippen LogP contribution >= 0.6 is 60.6 Å². The first-order chi connectivity index (χ1) is 44.0. The molecule has 4 aromatic heterocycles. The van der Waals surface area contributed by atoms with E-state index < -0.39 is 23.9 Å². The molecule has 0 fully saturated rings. The molecule has 27 heteroatoms. The summed E-state index contributed by atoms with van der Waals surface area (Å²) in [6.45, 7) is 8.07. The van der Waals surface area contributed by atoms with Gasteiger partial charge >= 0.3 is 48.6 Å². The predicted molar refractivity (Wildman–Crippen MR) is 362 cm³/mol. The number of ether oxygens (including phenoxy) is 9. The first-order valence-corrected chi connectivity index (χ1v) is 31.3. The monoisotopic (exact) mass is 1480 g/mol. The van der Waals surface area contributed by atoms with Crippen molar-refractivity contribution in [3.8, 4) is 23.0 Å². The third kappa shape index (κ3) is 25.5. The molecule has 4 aromatic carbocycles. The van der Waals surface area contributed by atoms with Crippen LogP contribution in [-0.4, -0.2) is 114 Å². The van der Waals surface area contributed by atoms with Gasteiger partial charge in [0.1, 0.15) is 40.1 Å². The van der Waals surface area contributed by atoms with Crippen molar-refractivity contribution in [2.24, 2.45) is 4.30 Å². The Morgan fingerprint density at radius 3 is 1.34 bits per heavy atom. The van der Waals surface area contributed by atoms with Gasteiger partial charge in [-0.25, -0.2) is 39.1 Å². The number of halogens is 3. The van der Waals surface area contributed by atoms with E-state index >= 15 is 0 Å². The number of oxazole rings is 4. The summed E-state index contributed by atoms with van der Waals surface area (Å²) in [5.41, 5.74) is 6.21. The fourth-order valence-electron chi connectivity index (χ4n) is 7.58. The number of rotatable bonds is 25. The Morgan fingerprint density at radius 2 is 0.924 bits per heavy atom. The van der Waals surface area contributed by atoms with Crippen LogP contribution in [0.5, 0.6) is 23.0 Å². The number of hydrogen-bond acceptors (Lipinski definition) is 23. The van der Waals surface area contributed by atoms with Crippen LogP contribution in [0.2, 0.25) is 0 Å². The van der Waals surface area contributed by atoms with Gasteiger partial charge in [-0.1, -0.05) is 104 Å². The number of benzene rings is 4. The third-order valence-corrected chi connectivity index (χ3v) is 13.7. The Morgan fingerprint density at radius 1 is 0.533 bits per heavy atom. The van der Waals surface area contributed by atoms with Crippen molar-refractivity contribution in [2.45, 2.75) is 76.5 Å². The van der Waals surface area contributed by atoms with E-state index in [0.717, 1.165) is 51.7 Å². The van der Waals surface area contributed by atoms with Crippen molar-refractivity contribution < 1.29 is 79.5 Å². The second-order valence-corrected chi connectivity index (χ2v) is 20.5. The van der Waals surface area contributed by atoms with Crippen molar-refractivity contribution in [1.29, 1.82) is 0 Å². The Balaban J connectivity index is 0.000000314. The fourth-order valence-corrected chi connectivity index (χ4v) is 8.91. The second-order valence-electron chi connectivity index (χ2n) is 18.1. The van der Waals surface area contributed by atoms with Gasteiger partial charge in [-0.2, -0.15) is 0 Å². The Bertz CT molecular complexity index is 3570. The van der Waals surface area contributed by atoms with E-state index in [1.165, 1.54) is 14.2 Å². The molecule has 0 saturated carbocycles. The topological polar surface area (TPSA) is 268 Å². The standard InChI is InChI=1S/C16H17Br2NO4.C16H16BrNO4.C16H17NO5.C16H19NO4.CH4.BHNS/c1-3-22-16(20)14-13(9-17)19-15(23-14)12(18)8-10-4-6-11(21-2)7-5-10;1-3-21-16(19)15-13(10-17)18-14(22-15)9-6-11-4-7-12(20-2)8-5-11;1-19-10-13-15(16(18)21-3)22-14(17-13)9-6-11-4-7-12(20-2)8-5-11;1-4-20-16(18)15-11(2)17-14(21-15)10-7-12-5-8-13(19-3)9-6-12;;1-2-3/h4-7,12H,3,8-9H2,1-2H3;4-9H,3,10H2,1-2H3;4-9H,10H2,1-3H3;5-6,8-9H,4,7,10H2,1-3H3;1H4;3H/b;2*9-6+;;;. The summed E-state index contributed by atoms with van der Waals surface area (Å²) in [5, 5.41) is 0.841. The van der Waals surface area contributed by atoms with Crippen molar-refractivity contribution in [1.82, 2.24) is 19.9 Å². The number of thiol groups is 1. The first-order valence-electron chi connectivity index (χ1n) is 27.7. The molecule has 0 N–H and O–H groups in total. The summed E-state index contributed by atoms with van der Waals surface area (Å²) in [6, 6.07) is 30.7. The van der Waals surface area contributed by atoms with Crippen LogP contribution in [-0.2, 0) is 60.2 Å². The Labute approximate surface area is 567 Å². The molecule has 92 heavy (non-hydrogen) atoms. The molecule has 0 saturated heterocycles. The van der Waals surface area contributed by atoms with Gasteiger partial charge in [0.05, 0.1) is 72.5 Å². The molecule has 22 nitrogen and oxygen atoms in total. The molecule has 1 atom stereocenters. The molecule has 0 aliphatic carbocycles. The number of carbonyl (C=O) groups is 4. The molecular weight excluding hydrogens is 1410 g/mol. The molecule has 1 unspecified atom stereocenters. The maximum absolute atomic E-state index is 11.9. The molecule has 8 aromatic rings. The van der Waals surface area contributed by atoms with E-state index in [1.807, 2.05) is 109 Å². The molecular formula is C65H74BBr3N5O17S. The average Bonchev–Trinajstić information content (AvgIpc) is 2.30. The number of esters is 4. The van der Waals surface area contributed by atoms with Crippen molar-refractivity contribution in [3.63, 3.8) is 0 Å². The van der Waals surface area contributed by atoms with Gasteiger partial charge in [-0.05, 0) is 123 Å². The molecule has 8 rings (SSSR count). The number of alkyl halides is 3. The van der Waals surface area contributed by atoms with Gasteiger partial charge < -0.3 is 60.3 Å². The number of methoxy groups -OCH3 is 6. The molecule has 0 spiro atoms. The number of aryl methyl sites for hydroxylation is 3. The molecule has 1 radical (unpaired) electrons. The van der Waals surface area contributed by atoms with E-state index in [4.69, 9.17) is 55.6 Å². The normalized spacial score (nSPS) is 10.7. The van der Waals surface area contributed by atoms with Gasteiger partial charge in [0.25, 0.3) is 0 Å². The van der Waals surface area contributed by atoms with Gasteiger partial charge in [-0.3, -0.25) is 0 Å². The van der Waals surface area contributed by atoms with Gasteiger partial charge in [0, 0.05) is 36.3 Å². The van der Waals surface area contributed by atoms with Crippen LogP contribution in [0.4, 0.5) is 0 Å². The number of hydrogen-bond donors (Lipinski definition) is 1. The summed E-state index contributed by atoms with van der Waals surface area (Å²) in [7, 11) is 13.6. The number of nitrogens with zero attached hydrogens (tertiary/aromatic N) is 5. The van der Waals surface area contributed by atoms with E-state index in [0.29, 0.717) is 83.1 Å². The fraction of sp³-hybridized carbons (Fsp3) is 0.323. The zero-order chi connectivity index (χ0) is 66.7. The molecule has 0 aliphatic rings. The predicted octanol–water partition coefficient (Wildman–Crippen LogP) is 14.9. The van der Waals surface area contributed by atoms with Gasteiger partial charge in [0.15, 0.2) is 5.89 Å².